The normalized spacial score (nSPS) is 9.80. The topological polar surface area (TPSA) is 66.4 Å². The molecule has 52 valence electrons. The van der Waals surface area contributed by atoms with Crippen molar-refractivity contribution in [2.75, 3.05) is 0 Å². The van der Waals surface area contributed by atoms with E-state index in [1.807, 2.05) is 6.92 Å². The molecule has 4 nitrogen and oxygen atoms in total. The third-order valence-corrected chi connectivity index (χ3v) is 12.1. The summed E-state index contributed by atoms with van der Waals surface area (Å²) in [5, 5.41) is 0. The van der Waals surface area contributed by atoms with Gasteiger partial charge < -0.3 is 0 Å². The van der Waals surface area contributed by atoms with Gasteiger partial charge in [-0.25, -0.2) is 0 Å². The first-order valence-corrected chi connectivity index (χ1v) is 15.2. The van der Waals surface area contributed by atoms with Gasteiger partial charge in [-0.1, -0.05) is 0 Å². The van der Waals surface area contributed by atoms with Crippen LogP contribution in [0.15, 0.2) is 0 Å². The monoisotopic (exact) mass is 382 g/mol. The number of hydrogen-bond donors (Lipinski definition) is 0. The second-order valence-corrected chi connectivity index (χ2v) is 14.7. The maximum absolute atomic E-state index is 9.74. The summed E-state index contributed by atoms with van der Waals surface area (Å²) in [5.74, 6) is 0. The molecule has 8 heteroatoms. The molecule has 0 atom stereocenters. The largest absolute Gasteiger partial charge is 1.00 e. The maximum atomic E-state index is 9.74. The average molecular weight is 381 g/mol. The van der Waals surface area contributed by atoms with Crippen molar-refractivity contribution in [1.29, 1.82) is 0 Å². The van der Waals surface area contributed by atoms with Crippen molar-refractivity contribution in [2.24, 2.45) is 0 Å². The van der Waals surface area contributed by atoms with Gasteiger partial charge in [0, 0.05) is 0 Å². The zero-order valence-electron chi connectivity index (χ0n) is 5.86. The van der Waals surface area contributed by atoms with Crippen LogP contribution in [0.5, 0.6) is 0 Å². The quantitative estimate of drug-likeness (QED) is 0.178. The van der Waals surface area contributed by atoms with Gasteiger partial charge >= 0.3 is 99.0 Å². The van der Waals surface area contributed by atoms with Crippen molar-refractivity contribution >= 4 is 18.9 Å². The van der Waals surface area contributed by atoms with E-state index in [1.165, 1.54) is 0 Å². The van der Waals surface area contributed by atoms with Crippen molar-refractivity contribution < 1.29 is 69.2 Å². The molecule has 0 heterocycles. The van der Waals surface area contributed by atoms with Gasteiger partial charge in [-0.05, 0) is 0 Å². The van der Waals surface area contributed by atoms with Crippen molar-refractivity contribution in [3.63, 3.8) is 0 Å². The van der Waals surface area contributed by atoms with Gasteiger partial charge in [0.05, 0.1) is 0 Å². The molecule has 0 N–H and O–H groups in total. The fraction of sp³-hybridized carbons (Fsp3) is 1.00. The molecule has 0 radical (unpaired) electrons. The van der Waals surface area contributed by atoms with Crippen molar-refractivity contribution in [2.45, 2.75) is 10.9 Å². The van der Waals surface area contributed by atoms with Crippen LogP contribution in [-0.2, 0) is 37.1 Å². The van der Waals surface area contributed by atoms with E-state index >= 15 is 0 Å². The first kappa shape index (κ1) is 14.7. The second kappa shape index (κ2) is 7.79. The Morgan fingerprint density at radius 2 is 2.20 bits per heavy atom. The van der Waals surface area contributed by atoms with E-state index in [0.29, 0.717) is 0 Å². The third kappa shape index (κ3) is 12.8. The molecule has 0 fully saturated rings. The van der Waals surface area contributed by atoms with Gasteiger partial charge in [-0.2, -0.15) is 0 Å². The van der Waals surface area contributed by atoms with Crippen molar-refractivity contribution in [3.05, 3.63) is 0 Å². The Bertz CT molecular complexity index is 157. The molecule has 0 rings (SSSR count). The minimum absolute atomic E-state index is 0. The van der Waals surface area contributed by atoms with E-state index in [2.05, 4.69) is 3.63 Å². The van der Waals surface area contributed by atoms with Crippen LogP contribution in [0.1, 0.15) is 6.92 Å². The van der Waals surface area contributed by atoms with Gasteiger partial charge in [0.1, 0.15) is 0 Å². The predicted molar refractivity (Wildman–Crippen MR) is 28.9 cm³/mol. The molecule has 0 aliphatic rings. The molecule has 0 aromatic carbocycles. The van der Waals surface area contributed by atoms with Crippen molar-refractivity contribution in [3.8, 4) is 0 Å². The molecule has 0 spiro atoms. The summed E-state index contributed by atoms with van der Waals surface area (Å²) in [6.45, 7) is 1.95. The molecule has 0 saturated heterocycles. The zero-order chi connectivity index (χ0) is 7.33. The summed E-state index contributed by atoms with van der Waals surface area (Å²) in [4.78, 5) is 0. The first-order valence-electron chi connectivity index (χ1n) is 2.33. The van der Waals surface area contributed by atoms with Crippen LogP contribution in [-0.4, -0.2) is 13.0 Å². The van der Waals surface area contributed by atoms with Gasteiger partial charge in [-0.15, -0.1) is 0 Å². The summed E-state index contributed by atoms with van der Waals surface area (Å²) in [7, 11) is -3.55. The van der Waals surface area contributed by atoms with Crippen LogP contribution in [0.3, 0.4) is 0 Å². The molecular weight excluding hydrogens is 376 g/mol. The van der Waals surface area contributed by atoms with E-state index in [9.17, 15) is 13.0 Å². The fourth-order valence-corrected chi connectivity index (χ4v) is 9.53. The van der Waals surface area contributed by atoms with Gasteiger partial charge in [0.2, 0.25) is 0 Å². The fourth-order valence-electron chi connectivity index (χ4n) is 0.176. The molecule has 10 heavy (non-hydrogen) atoms. The van der Waals surface area contributed by atoms with E-state index in [-0.39, 0.29) is 29.6 Å². The minimum Gasteiger partial charge on any atom is 1.00 e. The number of hydrogen-bond acceptors (Lipinski definition) is 5. The van der Waals surface area contributed by atoms with Crippen LogP contribution < -0.4 is 29.6 Å². The molecular formula is C2H5HgNaO4S2. The standard InChI is InChI=1S/C2H5.Hg.Na.H2O4S2/c1-2;;;1-6(2,3)4-5/h1H2,2H3;;;5H,(H,1,2,3)/q;2*+1;/p-2. The Labute approximate surface area is 97.5 Å². The first-order chi connectivity index (χ1) is 4.06. The zero-order valence-corrected chi connectivity index (χ0v) is 15.0. The molecule has 0 aromatic rings. The summed E-state index contributed by atoms with van der Waals surface area (Å²) in [5.41, 5.74) is 0. The predicted octanol–water partition coefficient (Wildman–Crippen LogP) is -2.45. The Kier molecular flexibility index (Phi) is 11.4. The van der Waals surface area contributed by atoms with Crippen LogP contribution in [0.2, 0.25) is 3.93 Å². The molecule has 0 saturated carbocycles. The van der Waals surface area contributed by atoms with Gasteiger partial charge in [-0.3, -0.25) is 0 Å². The third-order valence-electron chi connectivity index (χ3n) is 0.419. The Morgan fingerprint density at radius 3 is 2.50 bits per heavy atom. The maximum Gasteiger partial charge on any atom is 1.00 e. The minimum atomic E-state index is -4.43. The Morgan fingerprint density at radius 1 is 1.70 bits per heavy atom. The van der Waals surface area contributed by atoms with E-state index in [0.717, 1.165) is 12.5 Å². The summed E-state index contributed by atoms with van der Waals surface area (Å²) < 4.78 is 34.1. The summed E-state index contributed by atoms with van der Waals surface area (Å²) in [6.07, 6.45) is 0. The molecule has 0 aliphatic heterocycles. The molecule has 0 amide bonds. The second-order valence-electron chi connectivity index (χ2n) is 1.30. The van der Waals surface area contributed by atoms with E-state index < -0.39 is 33.5 Å². The van der Waals surface area contributed by atoms with E-state index in [4.69, 9.17) is 0 Å². The molecule has 0 aromatic heterocycles. The number of rotatable bonds is 4. The SMILES string of the molecule is C[CH2][Hg][S]OS(=O)(=O)[O-].[Na+]. The van der Waals surface area contributed by atoms with Crippen LogP contribution in [0.4, 0.5) is 0 Å². The smallest absolute Gasteiger partial charge is 1.00 e. The Balaban J connectivity index is 0. The molecule has 0 unspecified atom stereocenters. The summed E-state index contributed by atoms with van der Waals surface area (Å²) >= 11 is -1.18. The van der Waals surface area contributed by atoms with Crippen LogP contribution in [0.25, 0.3) is 0 Å². The van der Waals surface area contributed by atoms with Crippen molar-refractivity contribution in [1.82, 2.24) is 0 Å². The average Bonchev–Trinajstić information content (AvgIpc) is 1.63. The van der Waals surface area contributed by atoms with Gasteiger partial charge in [0.15, 0.2) is 0 Å². The molecule has 0 bridgehead atoms. The molecule has 0 aliphatic carbocycles. The van der Waals surface area contributed by atoms with Crippen LogP contribution in [0, 0.1) is 0 Å². The van der Waals surface area contributed by atoms with Gasteiger partial charge in [0.25, 0.3) is 0 Å². The summed E-state index contributed by atoms with van der Waals surface area (Å²) in [6, 6.07) is 0. The van der Waals surface area contributed by atoms with Crippen LogP contribution >= 0.6 is 8.52 Å². The Hall–Kier alpha value is 2.16. The van der Waals surface area contributed by atoms with E-state index in [1.54, 1.807) is 0 Å².